The van der Waals surface area contributed by atoms with E-state index in [9.17, 15) is 0 Å². The van der Waals surface area contributed by atoms with Crippen molar-refractivity contribution in [1.29, 1.82) is 0 Å². The van der Waals surface area contributed by atoms with Crippen molar-refractivity contribution in [2.24, 2.45) is 5.73 Å². The molecule has 0 aliphatic carbocycles. The highest BCUT2D eigenvalue weighted by molar-refractivity contribution is 5.49. The van der Waals surface area contributed by atoms with E-state index in [-0.39, 0.29) is 0 Å². The lowest BCUT2D eigenvalue weighted by molar-refractivity contribution is 0.890. The first-order chi connectivity index (χ1) is 5.74. The number of hydrogen-bond donors (Lipinski definition) is 2. The van der Waals surface area contributed by atoms with Gasteiger partial charge in [0.25, 0.3) is 0 Å². The lowest BCUT2D eigenvalue weighted by Gasteiger charge is -2.12. The second kappa shape index (κ2) is 4.07. The Morgan fingerprint density at radius 2 is 2.33 bits per heavy atom. The van der Waals surface area contributed by atoms with Gasteiger partial charge in [0.1, 0.15) is 0 Å². The van der Waals surface area contributed by atoms with Crippen LogP contribution in [0.25, 0.3) is 0 Å². The number of nitrogens with two attached hydrogens (primary N) is 1. The monoisotopic (exact) mass is 165 g/mol. The van der Waals surface area contributed by atoms with E-state index < -0.39 is 0 Å². The van der Waals surface area contributed by atoms with Crippen LogP contribution in [0, 0.1) is 0 Å². The van der Waals surface area contributed by atoms with Gasteiger partial charge in [-0.1, -0.05) is 0 Å². The number of anilines is 1. The minimum absolute atomic E-state index is 0.428. The first-order valence-corrected chi connectivity index (χ1v) is 4.13. The SMILES string of the molecule is CC(C)Nc1ccncc1CN. The molecule has 0 saturated heterocycles. The smallest absolute Gasteiger partial charge is 0.0418 e. The van der Waals surface area contributed by atoms with Crippen LogP contribution in [-0.2, 0) is 6.54 Å². The van der Waals surface area contributed by atoms with Crippen LogP contribution < -0.4 is 11.1 Å². The standard InChI is InChI=1S/C9H15N3/c1-7(2)12-9-3-4-11-6-8(9)5-10/h3-4,6-7H,5,10H2,1-2H3,(H,11,12). The summed E-state index contributed by atoms with van der Waals surface area (Å²) in [4.78, 5) is 4.00. The van der Waals surface area contributed by atoms with Gasteiger partial charge in [-0.25, -0.2) is 0 Å². The van der Waals surface area contributed by atoms with E-state index in [0.29, 0.717) is 12.6 Å². The number of aromatic nitrogens is 1. The molecule has 0 aromatic carbocycles. The van der Waals surface area contributed by atoms with Gasteiger partial charge < -0.3 is 11.1 Å². The highest BCUT2D eigenvalue weighted by Crippen LogP contribution is 2.13. The van der Waals surface area contributed by atoms with Crippen LogP contribution in [0.4, 0.5) is 5.69 Å². The summed E-state index contributed by atoms with van der Waals surface area (Å²) in [5, 5.41) is 3.30. The van der Waals surface area contributed by atoms with Crippen molar-refractivity contribution >= 4 is 5.69 Å². The first-order valence-electron chi connectivity index (χ1n) is 4.13. The molecular weight excluding hydrogens is 150 g/mol. The topological polar surface area (TPSA) is 50.9 Å². The average molecular weight is 165 g/mol. The maximum atomic E-state index is 5.55. The summed E-state index contributed by atoms with van der Waals surface area (Å²) in [6.07, 6.45) is 3.56. The zero-order chi connectivity index (χ0) is 8.97. The predicted octanol–water partition coefficient (Wildman–Crippen LogP) is 1.36. The summed E-state index contributed by atoms with van der Waals surface area (Å²) in [5.41, 5.74) is 7.69. The van der Waals surface area contributed by atoms with Crippen LogP contribution in [-0.4, -0.2) is 11.0 Å². The van der Waals surface area contributed by atoms with E-state index in [2.05, 4.69) is 24.1 Å². The van der Waals surface area contributed by atoms with E-state index in [0.717, 1.165) is 11.3 Å². The Balaban J connectivity index is 2.82. The second-order valence-electron chi connectivity index (χ2n) is 3.04. The maximum Gasteiger partial charge on any atom is 0.0418 e. The molecule has 3 nitrogen and oxygen atoms in total. The zero-order valence-electron chi connectivity index (χ0n) is 7.54. The quantitative estimate of drug-likeness (QED) is 0.711. The molecule has 0 radical (unpaired) electrons. The van der Waals surface area contributed by atoms with Crippen molar-refractivity contribution in [1.82, 2.24) is 4.98 Å². The molecule has 0 aliphatic rings. The molecule has 1 heterocycles. The third kappa shape index (κ3) is 2.20. The zero-order valence-corrected chi connectivity index (χ0v) is 7.54. The summed E-state index contributed by atoms with van der Waals surface area (Å²) in [5.74, 6) is 0. The van der Waals surface area contributed by atoms with E-state index in [1.54, 1.807) is 12.4 Å². The van der Waals surface area contributed by atoms with Crippen LogP contribution in [0.3, 0.4) is 0 Å². The van der Waals surface area contributed by atoms with Crippen molar-refractivity contribution in [2.75, 3.05) is 5.32 Å². The number of rotatable bonds is 3. The largest absolute Gasteiger partial charge is 0.383 e. The molecule has 1 aromatic rings. The molecule has 0 fully saturated rings. The van der Waals surface area contributed by atoms with Gasteiger partial charge in [0.05, 0.1) is 0 Å². The second-order valence-corrected chi connectivity index (χ2v) is 3.04. The third-order valence-electron chi connectivity index (χ3n) is 1.57. The molecule has 0 unspecified atom stereocenters. The molecule has 12 heavy (non-hydrogen) atoms. The van der Waals surface area contributed by atoms with Crippen LogP contribution in [0.1, 0.15) is 19.4 Å². The summed E-state index contributed by atoms with van der Waals surface area (Å²) in [6.45, 7) is 4.73. The van der Waals surface area contributed by atoms with Gasteiger partial charge in [0, 0.05) is 36.2 Å². The van der Waals surface area contributed by atoms with Gasteiger partial charge in [0.15, 0.2) is 0 Å². The normalized spacial score (nSPS) is 10.3. The fourth-order valence-corrected chi connectivity index (χ4v) is 1.04. The van der Waals surface area contributed by atoms with E-state index in [1.807, 2.05) is 6.07 Å². The molecule has 0 spiro atoms. The molecule has 0 atom stereocenters. The summed E-state index contributed by atoms with van der Waals surface area (Å²) >= 11 is 0. The van der Waals surface area contributed by atoms with Gasteiger partial charge in [-0.05, 0) is 19.9 Å². The van der Waals surface area contributed by atoms with E-state index in [4.69, 9.17) is 5.73 Å². The molecule has 3 heteroatoms. The van der Waals surface area contributed by atoms with Gasteiger partial charge in [-0.3, -0.25) is 4.98 Å². The maximum absolute atomic E-state index is 5.55. The van der Waals surface area contributed by atoms with Crippen molar-refractivity contribution in [2.45, 2.75) is 26.4 Å². The molecule has 0 bridgehead atoms. The minimum Gasteiger partial charge on any atom is -0.383 e. The number of pyridine rings is 1. The molecule has 0 amide bonds. The minimum atomic E-state index is 0.428. The van der Waals surface area contributed by atoms with Crippen molar-refractivity contribution in [3.05, 3.63) is 24.0 Å². The Morgan fingerprint density at radius 1 is 1.58 bits per heavy atom. The highest BCUT2D eigenvalue weighted by atomic mass is 14.9. The lowest BCUT2D eigenvalue weighted by atomic mass is 10.2. The van der Waals surface area contributed by atoms with Crippen molar-refractivity contribution < 1.29 is 0 Å². The summed E-state index contributed by atoms with van der Waals surface area (Å²) < 4.78 is 0. The molecule has 0 aliphatic heterocycles. The Kier molecular flexibility index (Phi) is 3.05. The predicted molar refractivity (Wildman–Crippen MR) is 50.9 cm³/mol. The molecular formula is C9H15N3. The molecule has 1 aromatic heterocycles. The Labute approximate surface area is 73.0 Å². The van der Waals surface area contributed by atoms with Crippen molar-refractivity contribution in [3.63, 3.8) is 0 Å². The number of hydrogen-bond acceptors (Lipinski definition) is 3. The third-order valence-corrected chi connectivity index (χ3v) is 1.57. The lowest BCUT2D eigenvalue weighted by Crippen LogP contribution is -2.12. The molecule has 3 N–H and O–H groups in total. The van der Waals surface area contributed by atoms with E-state index in [1.165, 1.54) is 0 Å². The first kappa shape index (κ1) is 9.00. The fourth-order valence-electron chi connectivity index (χ4n) is 1.04. The van der Waals surface area contributed by atoms with Crippen LogP contribution in [0.5, 0.6) is 0 Å². The number of nitrogens with one attached hydrogen (secondary N) is 1. The summed E-state index contributed by atoms with van der Waals surface area (Å²) in [7, 11) is 0. The number of nitrogens with zero attached hydrogens (tertiary/aromatic N) is 1. The molecule has 1 rings (SSSR count). The Morgan fingerprint density at radius 3 is 2.92 bits per heavy atom. The summed E-state index contributed by atoms with van der Waals surface area (Å²) in [6, 6.07) is 2.38. The fraction of sp³-hybridized carbons (Fsp3) is 0.444. The van der Waals surface area contributed by atoms with Crippen LogP contribution in [0.15, 0.2) is 18.5 Å². The molecule has 0 saturated carbocycles. The van der Waals surface area contributed by atoms with E-state index >= 15 is 0 Å². The van der Waals surface area contributed by atoms with Gasteiger partial charge >= 0.3 is 0 Å². The molecule has 66 valence electrons. The Bertz CT molecular complexity index is 245. The van der Waals surface area contributed by atoms with Gasteiger partial charge in [-0.2, -0.15) is 0 Å². The van der Waals surface area contributed by atoms with Crippen LogP contribution in [0.2, 0.25) is 0 Å². The van der Waals surface area contributed by atoms with Crippen molar-refractivity contribution in [3.8, 4) is 0 Å². The van der Waals surface area contributed by atoms with Gasteiger partial charge in [0.2, 0.25) is 0 Å². The average Bonchev–Trinajstić information content (AvgIpc) is 2.04. The van der Waals surface area contributed by atoms with Crippen LogP contribution >= 0.6 is 0 Å². The Hall–Kier alpha value is -1.09. The van der Waals surface area contributed by atoms with Gasteiger partial charge in [-0.15, -0.1) is 0 Å². The highest BCUT2D eigenvalue weighted by Gasteiger charge is 2.00.